The molecule has 2 fully saturated rings. The molecule has 3 aliphatic rings. The van der Waals surface area contributed by atoms with Gasteiger partial charge in [0.15, 0.2) is 0 Å². The van der Waals surface area contributed by atoms with Crippen LogP contribution in [0.1, 0.15) is 34.6 Å². The lowest BCUT2D eigenvalue weighted by atomic mass is 9.59. The predicted octanol–water partition coefficient (Wildman–Crippen LogP) is 2.66. The first kappa shape index (κ1) is 17.0. The van der Waals surface area contributed by atoms with E-state index in [1.54, 1.807) is 12.1 Å². The van der Waals surface area contributed by atoms with E-state index in [0.717, 1.165) is 11.1 Å². The van der Waals surface area contributed by atoms with Crippen LogP contribution in [0.25, 0.3) is 0 Å². The van der Waals surface area contributed by atoms with Crippen molar-refractivity contribution in [3.63, 3.8) is 0 Å². The Morgan fingerprint density at radius 3 is 1.73 bits per heavy atom. The number of carbonyl (C=O) groups excluding carboxylic acids is 3. The van der Waals surface area contributed by atoms with Crippen LogP contribution in [0, 0.1) is 28.1 Å². The van der Waals surface area contributed by atoms with Gasteiger partial charge in [0.2, 0.25) is 17.7 Å². The lowest BCUT2D eigenvalue weighted by Gasteiger charge is -2.43. The fraction of sp³-hybridized carbons (Fsp3) is 0.476. The molecule has 0 radical (unpaired) electrons. The number of para-hydroxylation sites is 1. The van der Waals surface area contributed by atoms with E-state index in [-0.39, 0.29) is 11.8 Å². The van der Waals surface area contributed by atoms with Crippen LogP contribution in [0.5, 0.6) is 0 Å². The Morgan fingerprint density at radius 2 is 1.35 bits per heavy atom. The fourth-order valence-corrected chi connectivity index (χ4v) is 6.33. The van der Waals surface area contributed by atoms with E-state index < -0.39 is 34.0 Å². The first-order valence-corrected chi connectivity index (χ1v) is 8.97. The maximum Gasteiger partial charge on any atom is 0.238 e. The van der Waals surface area contributed by atoms with Gasteiger partial charge < -0.3 is 5.73 Å². The maximum atomic E-state index is 13.4. The molecule has 1 aliphatic heterocycles. The molecule has 3 amide bonds. The largest absolute Gasteiger partial charge is 0.369 e. The highest BCUT2D eigenvalue weighted by Crippen LogP contribution is 2.79. The third-order valence-electron chi connectivity index (χ3n) is 8.26. The van der Waals surface area contributed by atoms with Crippen LogP contribution >= 0.6 is 0 Å². The summed E-state index contributed by atoms with van der Waals surface area (Å²) in [5, 5.41) is 0. The van der Waals surface area contributed by atoms with Gasteiger partial charge >= 0.3 is 0 Å². The van der Waals surface area contributed by atoms with Gasteiger partial charge in [-0.1, -0.05) is 43.2 Å². The first-order chi connectivity index (χ1) is 12.1. The van der Waals surface area contributed by atoms with Gasteiger partial charge in [-0.2, -0.15) is 0 Å². The molecule has 2 N–H and O–H groups in total. The molecule has 5 heteroatoms. The Bertz CT molecular complexity index is 859. The molecule has 5 nitrogen and oxygen atoms in total. The average molecular weight is 352 g/mol. The van der Waals surface area contributed by atoms with Gasteiger partial charge in [0.1, 0.15) is 0 Å². The van der Waals surface area contributed by atoms with Crippen LogP contribution in [-0.2, 0) is 14.4 Å². The summed E-state index contributed by atoms with van der Waals surface area (Å²) >= 11 is 0. The van der Waals surface area contributed by atoms with E-state index in [1.165, 1.54) is 4.90 Å². The zero-order chi connectivity index (χ0) is 19.2. The summed E-state index contributed by atoms with van der Waals surface area (Å²) in [5.74, 6) is -2.03. The molecule has 1 aromatic rings. The van der Waals surface area contributed by atoms with Crippen LogP contribution in [0.15, 0.2) is 41.5 Å². The fourth-order valence-electron chi connectivity index (χ4n) is 6.33. The minimum Gasteiger partial charge on any atom is -0.369 e. The minimum absolute atomic E-state index is 0.225. The van der Waals surface area contributed by atoms with Crippen LogP contribution in [0.2, 0.25) is 0 Å². The van der Waals surface area contributed by atoms with Gasteiger partial charge in [0, 0.05) is 10.8 Å². The maximum absolute atomic E-state index is 13.4. The van der Waals surface area contributed by atoms with E-state index in [0.29, 0.717) is 5.69 Å². The second kappa shape index (κ2) is 4.64. The van der Waals surface area contributed by atoms with Crippen molar-refractivity contribution in [1.29, 1.82) is 0 Å². The molecular weight excluding hydrogens is 328 g/mol. The molecule has 0 aromatic heterocycles. The predicted molar refractivity (Wildman–Crippen MR) is 97.8 cm³/mol. The molecule has 26 heavy (non-hydrogen) atoms. The summed E-state index contributed by atoms with van der Waals surface area (Å²) in [6.45, 7) is 9.65. The number of anilines is 1. The second-order valence-electron chi connectivity index (χ2n) is 8.45. The lowest BCUT2D eigenvalue weighted by Crippen LogP contribution is -2.53. The molecule has 136 valence electrons. The molecule has 0 spiro atoms. The first-order valence-electron chi connectivity index (χ1n) is 8.97. The molecule has 1 unspecified atom stereocenters. The molecule has 2 aliphatic carbocycles. The Balaban J connectivity index is 1.97. The van der Waals surface area contributed by atoms with Gasteiger partial charge in [0.05, 0.1) is 22.9 Å². The van der Waals surface area contributed by atoms with Gasteiger partial charge in [-0.05, 0) is 32.9 Å². The minimum atomic E-state index is -0.975. The Hall–Kier alpha value is -2.43. The van der Waals surface area contributed by atoms with Crippen molar-refractivity contribution in [3.05, 3.63) is 41.5 Å². The van der Waals surface area contributed by atoms with Gasteiger partial charge in [-0.15, -0.1) is 0 Å². The number of nitrogens with two attached hydrogens (primary N) is 1. The van der Waals surface area contributed by atoms with E-state index in [2.05, 4.69) is 0 Å². The quantitative estimate of drug-likeness (QED) is 0.656. The summed E-state index contributed by atoms with van der Waals surface area (Å²) in [6.07, 6.45) is 0. The second-order valence-corrected chi connectivity index (χ2v) is 8.45. The zero-order valence-corrected chi connectivity index (χ0v) is 15.8. The van der Waals surface area contributed by atoms with Gasteiger partial charge in [-0.3, -0.25) is 14.4 Å². The van der Waals surface area contributed by atoms with Crippen LogP contribution < -0.4 is 10.6 Å². The normalized spacial score (nSPS) is 41.2. The molecule has 1 saturated carbocycles. The smallest absolute Gasteiger partial charge is 0.238 e. The molecule has 1 heterocycles. The van der Waals surface area contributed by atoms with Crippen molar-refractivity contribution in [1.82, 2.24) is 0 Å². The zero-order valence-electron chi connectivity index (χ0n) is 15.8. The number of hydrogen-bond acceptors (Lipinski definition) is 3. The van der Waals surface area contributed by atoms with Crippen molar-refractivity contribution < 1.29 is 14.4 Å². The Kier molecular flexibility index (Phi) is 3.04. The van der Waals surface area contributed by atoms with Crippen molar-refractivity contribution in [2.45, 2.75) is 34.6 Å². The highest BCUT2D eigenvalue weighted by molar-refractivity contribution is 6.24. The lowest BCUT2D eigenvalue weighted by molar-refractivity contribution is -0.138. The number of fused-ring (bicyclic) bond motifs is 5. The molecule has 5 atom stereocenters. The number of nitrogens with zero attached hydrogens (tertiary/aromatic N) is 1. The summed E-state index contributed by atoms with van der Waals surface area (Å²) in [4.78, 5) is 40.8. The topological polar surface area (TPSA) is 80.5 Å². The SMILES string of the molecule is CC1=C(C)[C@]2(C)[C@@H]3C(=O)N(c4ccccc4)C(=O)[C@@H]3[C@@]1(C)C2(C)C(N)=O. The summed E-state index contributed by atoms with van der Waals surface area (Å²) in [5.41, 5.74) is 5.99. The molecule has 1 aromatic carbocycles. The number of imide groups is 1. The van der Waals surface area contributed by atoms with Crippen molar-refractivity contribution in [3.8, 4) is 0 Å². The number of hydrogen-bond donors (Lipinski definition) is 1. The van der Waals surface area contributed by atoms with E-state index >= 15 is 0 Å². The van der Waals surface area contributed by atoms with E-state index in [9.17, 15) is 14.4 Å². The third-order valence-corrected chi connectivity index (χ3v) is 8.26. The van der Waals surface area contributed by atoms with Crippen LogP contribution in [-0.4, -0.2) is 17.7 Å². The number of primary amides is 1. The highest BCUT2D eigenvalue weighted by Gasteiger charge is 2.83. The third kappa shape index (κ3) is 1.37. The summed E-state index contributed by atoms with van der Waals surface area (Å²) in [6, 6.07) is 9.00. The highest BCUT2D eigenvalue weighted by atomic mass is 16.2. The van der Waals surface area contributed by atoms with Crippen LogP contribution in [0.3, 0.4) is 0 Å². The Morgan fingerprint density at radius 1 is 0.923 bits per heavy atom. The number of benzene rings is 1. The Labute approximate surface area is 153 Å². The van der Waals surface area contributed by atoms with Crippen molar-refractivity contribution in [2.24, 2.45) is 33.8 Å². The summed E-state index contributed by atoms with van der Waals surface area (Å²) < 4.78 is 0. The van der Waals surface area contributed by atoms with Crippen LogP contribution in [0.4, 0.5) is 5.69 Å². The molecule has 2 bridgehead atoms. The molecule has 1 saturated heterocycles. The van der Waals surface area contributed by atoms with E-state index in [4.69, 9.17) is 5.73 Å². The number of allylic oxidation sites excluding steroid dienone is 2. The van der Waals surface area contributed by atoms with Gasteiger partial charge in [-0.25, -0.2) is 4.90 Å². The van der Waals surface area contributed by atoms with Crippen molar-refractivity contribution >= 4 is 23.4 Å². The average Bonchev–Trinajstić information content (AvgIpc) is 3.02. The molecular formula is C21H24N2O3. The van der Waals surface area contributed by atoms with Gasteiger partial charge in [0.25, 0.3) is 0 Å². The number of carbonyl (C=O) groups is 3. The molecule has 4 rings (SSSR count). The number of rotatable bonds is 2. The number of amides is 3. The van der Waals surface area contributed by atoms with Crippen molar-refractivity contribution in [2.75, 3.05) is 4.90 Å². The standard InChI is InChI=1S/C21H24N2O3/c1-11-12(2)20(4)15-14(19(11,3)21(20,5)18(22)26)16(24)23(17(15)25)13-9-7-6-8-10-13/h6-10,14-15H,1-5H3,(H2,22,26)/t14-,15+,19+,20-,21?. The van der Waals surface area contributed by atoms with E-state index in [1.807, 2.05) is 52.8 Å². The summed E-state index contributed by atoms with van der Waals surface area (Å²) in [7, 11) is 0. The monoisotopic (exact) mass is 352 g/mol.